The van der Waals surface area contributed by atoms with Gasteiger partial charge in [0.05, 0.1) is 0 Å². The standard InChI is InChI=1S/C16H18FN3O3/c1-10-8-11(17)4-5-12(10)13-9-18-16(19-14(13)15(21)22)23-7-6-20(2)3/h4-5,8-9H,6-7H2,1-3H3,(H,21,22). The minimum atomic E-state index is -1.19. The van der Waals surface area contributed by atoms with E-state index in [0.29, 0.717) is 29.8 Å². The summed E-state index contributed by atoms with van der Waals surface area (Å²) in [4.78, 5) is 21.4. The van der Waals surface area contributed by atoms with Gasteiger partial charge in [-0.2, -0.15) is 4.98 Å². The summed E-state index contributed by atoms with van der Waals surface area (Å²) in [5, 5.41) is 9.38. The molecule has 2 rings (SSSR count). The lowest BCUT2D eigenvalue weighted by Gasteiger charge is -2.12. The van der Waals surface area contributed by atoms with Crippen LogP contribution in [-0.4, -0.2) is 53.2 Å². The minimum Gasteiger partial charge on any atom is -0.476 e. The van der Waals surface area contributed by atoms with Crippen LogP contribution >= 0.6 is 0 Å². The van der Waals surface area contributed by atoms with Crippen molar-refractivity contribution in [2.75, 3.05) is 27.2 Å². The van der Waals surface area contributed by atoms with E-state index in [1.165, 1.54) is 24.4 Å². The van der Waals surface area contributed by atoms with Crippen LogP contribution < -0.4 is 4.74 Å². The van der Waals surface area contributed by atoms with Crippen molar-refractivity contribution in [2.24, 2.45) is 0 Å². The third kappa shape index (κ3) is 4.23. The molecule has 0 aliphatic heterocycles. The summed E-state index contributed by atoms with van der Waals surface area (Å²) in [5.41, 5.74) is 1.34. The van der Waals surface area contributed by atoms with E-state index in [-0.39, 0.29) is 17.5 Å². The highest BCUT2D eigenvalue weighted by atomic mass is 19.1. The van der Waals surface area contributed by atoms with E-state index in [4.69, 9.17) is 4.74 Å². The molecule has 0 unspecified atom stereocenters. The fourth-order valence-corrected chi connectivity index (χ4v) is 2.04. The third-order valence-corrected chi connectivity index (χ3v) is 3.22. The van der Waals surface area contributed by atoms with Crippen LogP contribution in [0.15, 0.2) is 24.4 Å². The van der Waals surface area contributed by atoms with Gasteiger partial charge in [0, 0.05) is 18.3 Å². The molecule has 0 saturated heterocycles. The van der Waals surface area contributed by atoms with Gasteiger partial charge in [0.1, 0.15) is 12.4 Å². The molecule has 1 heterocycles. The maximum absolute atomic E-state index is 13.2. The van der Waals surface area contributed by atoms with E-state index < -0.39 is 5.97 Å². The minimum absolute atomic E-state index is 0.00719. The Bertz CT molecular complexity index is 720. The van der Waals surface area contributed by atoms with Crippen LogP contribution in [0.4, 0.5) is 4.39 Å². The number of ether oxygens (including phenoxy) is 1. The van der Waals surface area contributed by atoms with Crippen LogP contribution in [0.25, 0.3) is 11.1 Å². The molecule has 0 aliphatic rings. The summed E-state index contributed by atoms with van der Waals surface area (Å²) < 4.78 is 18.6. The number of hydrogen-bond acceptors (Lipinski definition) is 5. The molecular formula is C16H18FN3O3. The van der Waals surface area contributed by atoms with Gasteiger partial charge in [0.25, 0.3) is 0 Å². The molecule has 0 radical (unpaired) electrons. The van der Waals surface area contributed by atoms with Gasteiger partial charge in [-0.15, -0.1) is 0 Å². The van der Waals surface area contributed by atoms with Crippen LogP contribution in [0, 0.1) is 12.7 Å². The zero-order valence-electron chi connectivity index (χ0n) is 13.2. The Morgan fingerprint density at radius 1 is 1.35 bits per heavy atom. The van der Waals surface area contributed by atoms with Gasteiger partial charge < -0.3 is 14.7 Å². The summed E-state index contributed by atoms with van der Waals surface area (Å²) in [6, 6.07) is 4.13. The van der Waals surface area contributed by atoms with Gasteiger partial charge in [0.2, 0.25) is 0 Å². The molecule has 1 aromatic heterocycles. The molecule has 1 aromatic carbocycles. The Labute approximate surface area is 133 Å². The Morgan fingerprint density at radius 3 is 2.70 bits per heavy atom. The second-order valence-electron chi connectivity index (χ2n) is 5.33. The number of carboxylic acids is 1. The maximum Gasteiger partial charge on any atom is 0.355 e. The van der Waals surface area contributed by atoms with Crippen molar-refractivity contribution in [3.8, 4) is 17.1 Å². The largest absolute Gasteiger partial charge is 0.476 e. The van der Waals surface area contributed by atoms with Crippen molar-refractivity contribution in [1.82, 2.24) is 14.9 Å². The number of hydrogen-bond donors (Lipinski definition) is 1. The van der Waals surface area contributed by atoms with E-state index in [1.807, 2.05) is 19.0 Å². The number of likely N-dealkylation sites (N-methyl/N-ethyl adjacent to an activating group) is 1. The quantitative estimate of drug-likeness (QED) is 0.880. The van der Waals surface area contributed by atoms with E-state index >= 15 is 0 Å². The van der Waals surface area contributed by atoms with Crippen LogP contribution in [0.2, 0.25) is 0 Å². The smallest absolute Gasteiger partial charge is 0.355 e. The molecule has 0 atom stereocenters. The van der Waals surface area contributed by atoms with Gasteiger partial charge in [0.15, 0.2) is 5.69 Å². The molecule has 0 saturated carbocycles. The molecule has 0 fully saturated rings. The Balaban J connectivity index is 2.35. The number of aryl methyl sites for hydroxylation is 1. The molecule has 7 heteroatoms. The van der Waals surface area contributed by atoms with Crippen molar-refractivity contribution in [3.63, 3.8) is 0 Å². The average molecular weight is 319 g/mol. The summed E-state index contributed by atoms with van der Waals surface area (Å²) >= 11 is 0. The normalized spacial score (nSPS) is 10.8. The molecule has 0 bridgehead atoms. The molecule has 1 N–H and O–H groups in total. The summed E-state index contributed by atoms with van der Waals surface area (Å²) in [6.45, 7) is 2.71. The predicted octanol–water partition coefficient (Wildman–Crippen LogP) is 2.23. The van der Waals surface area contributed by atoms with Crippen molar-refractivity contribution >= 4 is 5.97 Å². The molecule has 2 aromatic rings. The SMILES string of the molecule is Cc1cc(F)ccc1-c1cnc(OCCN(C)C)nc1C(=O)O. The van der Waals surface area contributed by atoms with Gasteiger partial charge >= 0.3 is 12.0 Å². The topological polar surface area (TPSA) is 75.5 Å². The van der Waals surface area contributed by atoms with Crippen LogP contribution in [0.1, 0.15) is 16.1 Å². The Morgan fingerprint density at radius 2 is 2.09 bits per heavy atom. The van der Waals surface area contributed by atoms with E-state index in [2.05, 4.69) is 9.97 Å². The predicted molar refractivity (Wildman–Crippen MR) is 83.2 cm³/mol. The lowest BCUT2D eigenvalue weighted by atomic mass is 10.0. The monoisotopic (exact) mass is 319 g/mol. The first kappa shape index (κ1) is 16.8. The van der Waals surface area contributed by atoms with Crippen molar-refractivity contribution in [1.29, 1.82) is 0 Å². The molecule has 0 amide bonds. The zero-order valence-corrected chi connectivity index (χ0v) is 13.2. The van der Waals surface area contributed by atoms with Crippen LogP contribution in [0.5, 0.6) is 6.01 Å². The molecule has 23 heavy (non-hydrogen) atoms. The van der Waals surface area contributed by atoms with Crippen molar-refractivity contribution < 1.29 is 19.0 Å². The van der Waals surface area contributed by atoms with E-state index in [0.717, 1.165) is 0 Å². The molecule has 0 aliphatic carbocycles. The number of carbonyl (C=O) groups is 1. The zero-order chi connectivity index (χ0) is 17.0. The highest BCUT2D eigenvalue weighted by molar-refractivity contribution is 5.94. The van der Waals surface area contributed by atoms with Crippen molar-refractivity contribution in [2.45, 2.75) is 6.92 Å². The van der Waals surface area contributed by atoms with Gasteiger partial charge in [-0.25, -0.2) is 14.2 Å². The fraction of sp³-hybridized carbons (Fsp3) is 0.312. The van der Waals surface area contributed by atoms with Gasteiger partial charge in [-0.05, 0) is 44.3 Å². The maximum atomic E-state index is 13.2. The number of benzene rings is 1. The second kappa shape index (κ2) is 7.15. The third-order valence-electron chi connectivity index (χ3n) is 3.22. The van der Waals surface area contributed by atoms with Crippen LogP contribution in [-0.2, 0) is 0 Å². The lowest BCUT2D eigenvalue weighted by Crippen LogP contribution is -2.20. The van der Waals surface area contributed by atoms with Crippen LogP contribution in [0.3, 0.4) is 0 Å². The average Bonchev–Trinajstić information content (AvgIpc) is 2.47. The molecule has 122 valence electrons. The van der Waals surface area contributed by atoms with E-state index in [1.54, 1.807) is 6.92 Å². The number of carboxylic acid groups (broad SMARTS) is 1. The summed E-state index contributed by atoms with van der Waals surface area (Å²) in [6.07, 6.45) is 1.39. The van der Waals surface area contributed by atoms with Crippen molar-refractivity contribution in [3.05, 3.63) is 41.5 Å². The Kier molecular flexibility index (Phi) is 5.23. The first-order chi connectivity index (χ1) is 10.9. The van der Waals surface area contributed by atoms with E-state index in [9.17, 15) is 14.3 Å². The Hall–Kier alpha value is -2.54. The molecule has 0 spiro atoms. The number of nitrogens with zero attached hydrogens (tertiary/aromatic N) is 3. The summed E-state index contributed by atoms with van der Waals surface area (Å²) in [7, 11) is 3.79. The number of rotatable bonds is 6. The fourth-order valence-electron chi connectivity index (χ4n) is 2.04. The number of aromatic nitrogens is 2. The highest BCUT2D eigenvalue weighted by Crippen LogP contribution is 2.27. The molecular weight excluding hydrogens is 301 g/mol. The lowest BCUT2D eigenvalue weighted by molar-refractivity contribution is 0.0689. The number of halogens is 1. The van der Waals surface area contributed by atoms with Gasteiger partial charge in [-0.1, -0.05) is 6.07 Å². The summed E-state index contributed by atoms with van der Waals surface area (Å²) in [5.74, 6) is -1.57. The molecule has 6 nitrogen and oxygen atoms in total. The highest BCUT2D eigenvalue weighted by Gasteiger charge is 2.18. The first-order valence-corrected chi connectivity index (χ1v) is 7.03. The van der Waals surface area contributed by atoms with Gasteiger partial charge in [-0.3, -0.25) is 0 Å². The second-order valence-corrected chi connectivity index (χ2v) is 5.33. The first-order valence-electron chi connectivity index (χ1n) is 7.03. The number of aromatic carboxylic acids is 1.